The molecule has 0 spiro atoms. The molecule has 1 aliphatic heterocycles. The summed E-state index contributed by atoms with van der Waals surface area (Å²) in [5, 5.41) is 13.3. The van der Waals surface area contributed by atoms with Gasteiger partial charge in [-0.2, -0.15) is 15.1 Å². The summed E-state index contributed by atoms with van der Waals surface area (Å²) in [6.07, 6.45) is 2.71. The summed E-state index contributed by atoms with van der Waals surface area (Å²) in [7, 11) is -3.63. The fourth-order valence-electron chi connectivity index (χ4n) is 4.17. The molecular formula is C23H23N9O3S. The number of ether oxygens (including phenoxy) is 1. The first-order chi connectivity index (χ1) is 17.4. The number of nitrogens with zero attached hydrogens (tertiary/aromatic N) is 5. The molecule has 6 rings (SSSR count). The Hall–Kier alpha value is -4.23. The van der Waals surface area contributed by atoms with Gasteiger partial charge in [-0.15, -0.1) is 0 Å². The molecule has 5 aromatic rings. The third kappa shape index (κ3) is 4.29. The van der Waals surface area contributed by atoms with Crippen LogP contribution >= 0.6 is 0 Å². The molecule has 184 valence electrons. The van der Waals surface area contributed by atoms with Crippen LogP contribution in [-0.4, -0.2) is 71.1 Å². The second kappa shape index (κ2) is 8.77. The van der Waals surface area contributed by atoms with E-state index in [0.29, 0.717) is 17.2 Å². The Labute approximate surface area is 206 Å². The fraction of sp³-hybridized carbons (Fsp3) is 0.217. The number of aromatic amines is 2. The number of H-pyrrole nitrogens is 2. The van der Waals surface area contributed by atoms with Crippen LogP contribution in [0.2, 0.25) is 0 Å². The van der Waals surface area contributed by atoms with Gasteiger partial charge < -0.3 is 25.3 Å². The Bertz CT molecular complexity index is 1660. The SMILES string of the molecule is CS(=O)(=O)c1n[nH]c2nc(Nc3ccc(N4CCOCC4)cc3)nc(Nc3ccc4[nH]cnc4c3)c12. The first-order valence-corrected chi connectivity index (χ1v) is 13.2. The number of fused-ring (bicyclic) bond motifs is 2. The van der Waals surface area contributed by atoms with Crippen LogP contribution in [0, 0.1) is 0 Å². The van der Waals surface area contributed by atoms with Gasteiger partial charge in [0.1, 0.15) is 11.2 Å². The minimum atomic E-state index is -3.63. The Balaban J connectivity index is 1.35. The number of morpholine rings is 1. The molecule has 1 aliphatic rings. The Morgan fingerprint density at radius 2 is 1.78 bits per heavy atom. The topological polar surface area (TPSA) is 154 Å². The third-order valence-electron chi connectivity index (χ3n) is 5.92. The average molecular weight is 506 g/mol. The van der Waals surface area contributed by atoms with E-state index < -0.39 is 9.84 Å². The average Bonchev–Trinajstić information content (AvgIpc) is 3.52. The zero-order valence-corrected chi connectivity index (χ0v) is 20.1. The summed E-state index contributed by atoms with van der Waals surface area (Å²) < 4.78 is 30.2. The summed E-state index contributed by atoms with van der Waals surface area (Å²) in [6.45, 7) is 3.15. The number of sulfone groups is 1. The molecule has 1 saturated heterocycles. The van der Waals surface area contributed by atoms with Crippen molar-refractivity contribution in [3.05, 3.63) is 48.8 Å². The molecule has 0 amide bonds. The maximum absolute atomic E-state index is 12.4. The highest BCUT2D eigenvalue weighted by molar-refractivity contribution is 7.90. The number of rotatable bonds is 6. The molecule has 0 atom stereocenters. The van der Waals surface area contributed by atoms with Crippen molar-refractivity contribution in [2.45, 2.75) is 5.03 Å². The van der Waals surface area contributed by atoms with Gasteiger partial charge in [0.15, 0.2) is 20.5 Å². The molecule has 36 heavy (non-hydrogen) atoms. The molecule has 12 nitrogen and oxygen atoms in total. The molecule has 4 N–H and O–H groups in total. The highest BCUT2D eigenvalue weighted by atomic mass is 32.2. The van der Waals surface area contributed by atoms with Crippen molar-refractivity contribution in [1.82, 2.24) is 30.1 Å². The Morgan fingerprint density at radius 1 is 1.00 bits per heavy atom. The molecule has 3 aromatic heterocycles. The van der Waals surface area contributed by atoms with Crippen LogP contribution in [-0.2, 0) is 14.6 Å². The monoisotopic (exact) mass is 505 g/mol. The zero-order valence-electron chi connectivity index (χ0n) is 19.3. The molecule has 0 saturated carbocycles. The van der Waals surface area contributed by atoms with Gasteiger partial charge in [-0.25, -0.2) is 13.4 Å². The van der Waals surface area contributed by atoms with Crippen LogP contribution in [0.1, 0.15) is 0 Å². The summed E-state index contributed by atoms with van der Waals surface area (Å²) in [6, 6.07) is 13.5. The minimum Gasteiger partial charge on any atom is -0.378 e. The number of imidazole rings is 1. The van der Waals surface area contributed by atoms with E-state index in [1.54, 1.807) is 6.33 Å². The van der Waals surface area contributed by atoms with Crippen LogP contribution in [0.4, 0.5) is 28.8 Å². The largest absolute Gasteiger partial charge is 0.378 e. The van der Waals surface area contributed by atoms with Gasteiger partial charge in [-0.3, -0.25) is 5.10 Å². The smallest absolute Gasteiger partial charge is 0.231 e. The fourth-order valence-corrected chi connectivity index (χ4v) is 4.95. The lowest BCUT2D eigenvalue weighted by Crippen LogP contribution is -2.36. The molecule has 2 aromatic carbocycles. The van der Waals surface area contributed by atoms with E-state index in [0.717, 1.165) is 55.0 Å². The molecule has 13 heteroatoms. The number of benzene rings is 2. The second-order valence-electron chi connectivity index (χ2n) is 8.45. The molecule has 0 aliphatic carbocycles. The van der Waals surface area contributed by atoms with Gasteiger partial charge in [0.2, 0.25) is 5.95 Å². The van der Waals surface area contributed by atoms with E-state index >= 15 is 0 Å². The van der Waals surface area contributed by atoms with Crippen LogP contribution in [0.5, 0.6) is 0 Å². The molecule has 1 fully saturated rings. The van der Waals surface area contributed by atoms with Gasteiger partial charge >= 0.3 is 0 Å². The van der Waals surface area contributed by atoms with E-state index in [-0.39, 0.29) is 16.4 Å². The normalized spacial score (nSPS) is 14.4. The molecule has 0 radical (unpaired) electrons. The quantitative estimate of drug-likeness (QED) is 0.271. The molecule has 0 unspecified atom stereocenters. The Morgan fingerprint density at radius 3 is 2.56 bits per heavy atom. The number of nitrogens with one attached hydrogen (secondary N) is 4. The summed E-state index contributed by atoms with van der Waals surface area (Å²) in [5.74, 6) is 0.588. The lowest BCUT2D eigenvalue weighted by molar-refractivity contribution is 0.122. The van der Waals surface area contributed by atoms with Crippen molar-refractivity contribution < 1.29 is 13.2 Å². The van der Waals surface area contributed by atoms with E-state index in [9.17, 15) is 8.42 Å². The van der Waals surface area contributed by atoms with Gasteiger partial charge in [0.05, 0.1) is 30.6 Å². The highest BCUT2D eigenvalue weighted by Crippen LogP contribution is 2.31. The van der Waals surface area contributed by atoms with E-state index in [2.05, 4.69) is 45.7 Å². The number of hydrogen-bond donors (Lipinski definition) is 4. The van der Waals surface area contributed by atoms with Gasteiger partial charge in [-0.05, 0) is 42.5 Å². The van der Waals surface area contributed by atoms with Gasteiger partial charge in [-0.1, -0.05) is 0 Å². The van der Waals surface area contributed by atoms with Crippen molar-refractivity contribution >= 4 is 60.7 Å². The summed E-state index contributed by atoms with van der Waals surface area (Å²) >= 11 is 0. The Kier molecular flexibility index (Phi) is 5.42. The number of aromatic nitrogens is 6. The first kappa shape index (κ1) is 22.2. The highest BCUT2D eigenvalue weighted by Gasteiger charge is 2.22. The maximum Gasteiger partial charge on any atom is 0.231 e. The standard InChI is InChI=1S/C23H23N9O3S/c1-36(33,34)22-19-20(26-15-4-7-17-18(12-15)25-13-24-17)28-23(29-21(19)30-31-22)27-14-2-5-16(6-3-14)32-8-10-35-11-9-32/h2-7,12-13H,8-11H2,1H3,(H,24,25)(H3,26,27,28,29,30,31). The summed E-state index contributed by atoms with van der Waals surface area (Å²) in [4.78, 5) is 18.7. The molecule has 0 bridgehead atoms. The van der Waals surface area contributed by atoms with Gasteiger partial charge in [0, 0.05) is 36.4 Å². The lowest BCUT2D eigenvalue weighted by Gasteiger charge is -2.28. The predicted molar refractivity (Wildman–Crippen MR) is 137 cm³/mol. The van der Waals surface area contributed by atoms with Crippen molar-refractivity contribution in [3.8, 4) is 0 Å². The third-order valence-corrected chi connectivity index (χ3v) is 6.92. The van der Waals surface area contributed by atoms with Crippen LogP contribution in [0.15, 0.2) is 53.8 Å². The zero-order chi connectivity index (χ0) is 24.7. The van der Waals surface area contributed by atoms with E-state index in [4.69, 9.17) is 4.74 Å². The van der Waals surface area contributed by atoms with E-state index in [1.807, 2.05) is 42.5 Å². The second-order valence-corrected chi connectivity index (χ2v) is 10.4. The maximum atomic E-state index is 12.4. The molecular weight excluding hydrogens is 482 g/mol. The lowest BCUT2D eigenvalue weighted by atomic mass is 10.2. The molecule has 4 heterocycles. The van der Waals surface area contributed by atoms with Crippen molar-refractivity contribution in [2.75, 3.05) is 48.1 Å². The van der Waals surface area contributed by atoms with Gasteiger partial charge in [0.25, 0.3) is 0 Å². The minimum absolute atomic E-state index is 0.123. The van der Waals surface area contributed by atoms with Crippen LogP contribution in [0.25, 0.3) is 22.1 Å². The number of hydrogen-bond acceptors (Lipinski definition) is 10. The van der Waals surface area contributed by atoms with Crippen molar-refractivity contribution in [2.24, 2.45) is 0 Å². The van der Waals surface area contributed by atoms with Crippen molar-refractivity contribution in [3.63, 3.8) is 0 Å². The first-order valence-electron chi connectivity index (χ1n) is 11.3. The van der Waals surface area contributed by atoms with E-state index in [1.165, 1.54) is 0 Å². The van der Waals surface area contributed by atoms with Crippen LogP contribution in [0.3, 0.4) is 0 Å². The predicted octanol–water partition coefficient (Wildman–Crippen LogP) is 2.96. The van der Waals surface area contributed by atoms with Crippen LogP contribution < -0.4 is 15.5 Å². The van der Waals surface area contributed by atoms with Crippen molar-refractivity contribution in [1.29, 1.82) is 0 Å². The number of anilines is 5. The summed E-state index contributed by atoms with van der Waals surface area (Å²) in [5.41, 5.74) is 4.54.